The van der Waals surface area contributed by atoms with Crippen LogP contribution in [-0.4, -0.2) is 24.8 Å². The lowest BCUT2D eigenvalue weighted by molar-refractivity contribution is -0.278. The standard InChI is InChI=1S/C18H24O3/c1-13-4-6-14(7-5-13)10-15-8-9-18(16(15)19)11-20-17(2,3)21-12-18/h4-7,15H,8-12H2,1-3H3. The highest BCUT2D eigenvalue weighted by molar-refractivity contribution is 5.89. The normalized spacial score (nSPS) is 27.2. The van der Waals surface area contributed by atoms with Gasteiger partial charge in [0.25, 0.3) is 0 Å². The lowest BCUT2D eigenvalue weighted by atomic mass is 9.83. The number of carbonyl (C=O) groups excluding carboxylic acids is 1. The molecule has 2 fully saturated rings. The van der Waals surface area contributed by atoms with Gasteiger partial charge in [-0.3, -0.25) is 4.79 Å². The molecule has 2 aliphatic rings. The molecule has 0 amide bonds. The molecule has 1 atom stereocenters. The van der Waals surface area contributed by atoms with Crippen molar-refractivity contribution in [1.82, 2.24) is 0 Å². The van der Waals surface area contributed by atoms with Gasteiger partial charge in [0.2, 0.25) is 0 Å². The maximum absolute atomic E-state index is 12.8. The van der Waals surface area contributed by atoms with E-state index in [1.54, 1.807) is 0 Å². The molecule has 1 heterocycles. The van der Waals surface area contributed by atoms with E-state index >= 15 is 0 Å². The van der Waals surface area contributed by atoms with Crippen LogP contribution in [0.2, 0.25) is 0 Å². The summed E-state index contributed by atoms with van der Waals surface area (Å²) in [4.78, 5) is 12.8. The Morgan fingerprint density at radius 3 is 2.38 bits per heavy atom. The van der Waals surface area contributed by atoms with Crippen LogP contribution >= 0.6 is 0 Å². The van der Waals surface area contributed by atoms with Crippen molar-refractivity contribution in [3.05, 3.63) is 35.4 Å². The molecule has 1 aromatic rings. The Kier molecular flexibility index (Phi) is 3.66. The number of carbonyl (C=O) groups is 1. The fraction of sp³-hybridized carbons (Fsp3) is 0.611. The Balaban J connectivity index is 1.68. The van der Waals surface area contributed by atoms with Gasteiger partial charge in [0.05, 0.1) is 18.6 Å². The van der Waals surface area contributed by atoms with E-state index in [0.29, 0.717) is 19.0 Å². The summed E-state index contributed by atoms with van der Waals surface area (Å²) >= 11 is 0. The van der Waals surface area contributed by atoms with Crippen LogP contribution in [0.5, 0.6) is 0 Å². The number of aryl methyl sites for hydroxylation is 1. The first-order valence-corrected chi connectivity index (χ1v) is 7.78. The number of rotatable bonds is 2. The summed E-state index contributed by atoms with van der Waals surface area (Å²) in [5, 5.41) is 0. The number of ketones is 1. The number of ether oxygens (including phenoxy) is 2. The van der Waals surface area contributed by atoms with Gasteiger partial charge in [-0.1, -0.05) is 29.8 Å². The molecular formula is C18H24O3. The first-order valence-electron chi connectivity index (χ1n) is 7.78. The lowest BCUT2D eigenvalue weighted by Crippen LogP contribution is -2.49. The Hall–Kier alpha value is -1.19. The molecule has 1 saturated heterocycles. The number of benzene rings is 1. The third kappa shape index (κ3) is 2.90. The van der Waals surface area contributed by atoms with E-state index in [1.165, 1.54) is 11.1 Å². The minimum Gasteiger partial charge on any atom is -0.349 e. The van der Waals surface area contributed by atoms with Gasteiger partial charge in [-0.25, -0.2) is 0 Å². The Bertz CT molecular complexity index is 520. The highest BCUT2D eigenvalue weighted by atomic mass is 16.7. The summed E-state index contributed by atoms with van der Waals surface area (Å²) < 4.78 is 11.5. The van der Waals surface area contributed by atoms with Crippen molar-refractivity contribution in [3.8, 4) is 0 Å². The van der Waals surface area contributed by atoms with Crippen LogP contribution in [0.1, 0.15) is 37.8 Å². The molecule has 3 rings (SSSR count). The molecule has 1 aliphatic heterocycles. The van der Waals surface area contributed by atoms with Gasteiger partial charge < -0.3 is 9.47 Å². The maximum Gasteiger partial charge on any atom is 0.162 e. The summed E-state index contributed by atoms with van der Waals surface area (Å²) in [6.45, 7) is 6.90. The van der Waals surface area contributed by atoms with Gasteiger partial charge in [0.1, 0.15) is 5.78 Å². The van der Waals surface area contributed by atoms with Gasteiger partial charge in [-0.2, -0.15) is 0 Å². The summed E-state index contributed by atoms with van der Waals surface area (Å²) in [5.41, 5.74) is 2.10. The van der Waals surface area contributed by atoms with Crippen molar-refractivity contribution in [2.24, 2.45) is 11.3 Å². The summed E-state index contributed by atoms with van der Waals surface area (Å²) in [6.07, 6.45) is 2.67. The Labute approximate surface area is 126 Å². The third-order valence-electron chi connectivity index (χ3n) is 4.86. The fourth-order valence-corrected chi connectivity index (χ4v) is 3.34. The van der Waals surface area contributed by atoms with E-state index in [4.69, 9.17) is 9.47 Å². The minimum atomic E-state index is -0.555. The van der Waals surface area contributed by atoms with Crippen molar-refractivity contribution >= 4 is 5.78 Å². The average Bonchev–Trinajstić information content (AvgIpc) is 2.75. The average molecular weight is 288 g/mol. The first kappa shape index (κ1) is 14.7. The number of hydrogen-bond donors (Lipinski definition) is 0. The van der Waals surface area contributed by atoms with Gasteiger partial charge in [0.15, 0.2) is 5.79 Å². The molecule has 0 bridgehead atoms. The largest absolute Gasteiger partial charge is 0.349 e. The molecule has 3 nitrogen and oxygen atoms in total. The van der Waals surface area contributed by atoms with Gasteiger partial charge >= 0.3 is 0 Å². The second-order valence-corrected chi connectivity index (χ2v) is 7.05. The monoisotopic (exact) mass is 288 g/mol. The minimum absolute atomic E-state index is 0.112. The van der Waals surface area contributed by atoms with E-state index in [-0.39, 0.29) is 5.92 Å². The van der Waals surface area contributed by atoms with Gasteiger partial charge in [-0.15, -0.1) is 0 Å². The molecule has 0 radical (unpaired) electrons. The SMILES string of the molecule is Cc1ccc(CC2CCC3(COC(C)(C)OC3)C2=O)cc1. The van der Waals surface area contributed by atoms with E-state index in [0.717, 1.165) is 19.3 Å². The molecule has 1 saturated carbocycles. The Morgan fingerprint density at radius 2 is 1.76 bits per heavy atom. The quantitative estimate of drug-likeness (QED) is 0.837. The zero-order valence-electron chi connectivity index (χ0n) is 13.1. The van der Waals surface area contributed by atoms with Gasteiger partial charge in [0, 0.05) is 5.92 Å². The second kappa shape index (κ2) is 5.22. The van der Waals surface area contributed by atoms with E-state index in [9.17, 15) is 4.79 Å². The molecular weight excluding hydrogens is 264 g/mol. The zero-order chi connectivity index (χ0) is 15.1. The van der Waals surface area contributed by atoms with Crippen molar-refractivity contribution in [2.75, 3.05) is 13.2 Å². The molecule has 1 aromatic carbocycles. The van der Waals surface area contributed by atoms with Crippen LogP contribution in [0.3, 0.4) is 0 Å². The molecule has 1 aliphatic carbocycles. The van der Waals surface area contributed by atoms with E-state index in [1.807, 2.05) is 13.8 Å². The smallest absolute Gasteiger partial charge is 0.162 e. The summed E-state index contributed by atoms with van der Waals surface area (Å²) in [7, 11) is 0. The molecule has 1 spiro atoms. The number of Topliss-reactive ketones (excluding diaryl/α,β-unsaturated/α-hetero) is 1. The molecule has 0 aromatic heterocycles. The highest BCUT2D eigenvalue weighted by Crippen LogP contribution is 2.44. The number of hydrogen-bond acceptors (Lipinski definition) is 3. The predicted octanol–water partition coefficient (Wildman–Crippen LogP) is 3.29. The predicted molar refractivity (Wildman–Crippen MR) is 81.0 cm³/mol. The van der Waals surface area contributed by atoms with E-state index in [2.05, 4.69) is 31.2 Å². The van der Waals surface area contributed by atoms with Crippen LogP contribution in [-0.2, 0) is 20.7 Å². The van der Waals surface area contributed by atoms with Crippen LogP contribution in [0.25, 0.3) is 0 Å². The van der Waals surface area contributed by atoms with E-state index < -0.39 is 11.2 Å². The molecule has 3 heteroatoms. The third-order valence-corrected chi connectivity index (χ3v) is 4.86. The lowest BCUT2D eigenvalue weighted by Gasteiger charge is -2.40. The van der Waals surface area contributed by atoms with Crippen LogP contribution < -0.4 is 0 Å². The van der Waals surface area contributed by atoms with Gasteiger partial charge in [-0.05, 0) is 45.6 Å². The van der Waals surface area contributed by atoms with Crippen LogP contribution in [0, 0.1) is 18.3 Å². The summed E-state index contributed by atoms with van der Waals surface area (Å²) in [5.74, 6) is -0.111. The molecule has 1 unspecified atom stereocenters. The zero-order valence-corrected chi connectivity index (χ0v) is 13.1. The van der Waals surface area contributed by atoms with Crippen molar-refractivity contribution in [2.45, 2.75) is 45.8 Å². The van der Waals surface area contributed by atoms with Crippen molar-refractivity contribution in [1.29, 1.82) is 0 Å². The topological polar surface area (TPSA) is 35.5 Å². The second-order valence-electron chi connectivity index (χ2n) is 7.05. The fourth-order valence-electron chi connectivity index (χ4n) is 3.34. The maximum atomic E-state index is 12.8. The molecule has 0 N–H and O–H groups in total. The first-order chi connectivity index (χ1) is 9.90. The molecule has 21 heavy (non-hydrogen) atoms. The summed E-state index contributed by atoms with van der Waals surface area (Å²) in [6, 6.07) is 8.48. The Morgan fingerprint density at radius 1 is 1.14 bits per heavy atom. The van der Waals surface area contributed by atoms with Crippen molar-refractivity contribution < 1.29 is 14.3 Å². The van der Waals surface area contributed by atoms with Crippen LogP contribution in [0.15, 0.2) is 24.3 Å². The van der Waals surface area contributed by atoms with Crippen molar-refractivity contribution in [3.63, 3.8) is 0 Å². The highest BCUT2D eigenvalue weighted by Gasteiger charge is 2.51. The van der Waals surface area contributed by atoms with Crippen LogP contribution in [0.4, 0.5) is 0 Å². The molecule has 114 valence electrons.